The van der Waals surface area contributed by atoms with Crippen molar-refractivity contribution in [3.8, 4) is 0 Å². The van der Waals surface area contributed by atoms with Crippen molar-refractivity contribution in [2.45, 2.75) is 31.2 Å². The van der Waals surface area contributed by atoms with Crippen LogP contribution < -0.4 is 5.32 Å². The molecule has 0 spiro atoms. The normalized spacial score (nSPS) is 24.8. The molecule has 2 aromatic heterocycles. The molecule has 11 heteroatoms. The highest BCUT2D eigenvalue weighted by Crippen LogP contribution is 2.33. The molecule has 8 nitrogen and oxygen atoms in total. The van der Waals surface area contributed by atoms with Gasteiger partial charge in [0.1, 0.15) is 30.2 Å². The first-order chi connectivity index (χ1) is 13.5. The van der Waals surface area contributed by atoms with Crippen LogP contribution in [-0.4, -0.2) is 54.7 Å². The molecule has 0 amide bonds. The van der Waals surface area contributed by atoms with Crippen LogP contribution in [0.4, 0.5) is 19.0 Å². The van der Waals surface area contributed by atoms with Gasteiger partial charge >= 0.3 is 0 Å². The molecule has 1 aliphatic heterocycles. The predicted octanol–water partition coefficient (Wildman–Crippen LogP) is 1.31. The van der Waals surface area contributed by atoms with Gasteiger partial charge in [0.15, 0.2) is 29.4 Å². The third kappa shape index (κ3) is 3.07. The van der Waals surface area contributed by atoms with Gasteiger partial charge in [-0.2, -0.15) is 0 Å². The van der Waals surface area contributed by atoms with E-state index in [0.29, 0.717) is 0 Å². The van der Waals surface area contributed by atoms with Crippen molar-refractivity contribution in [2.24, 2.45) is 0 Å². The van der Waals surface area contributed by atoms with Crippen LogP contribution in [0.3, 0.4) is 0 Å². The zero-order valence-electron chi connectivity index (χ0n) is 14.3. The smallest absolute Gasteiger partial charge is 0.167 e. The Morgan fingerprint density at radius 1 is 1.18 bits per heavy atom. The molecule has 4 rings (SSSR count). The van der Waals surface area contributed by atoms with Crippen LogP contribution in [0, 0.1) is 11.6 Å². The molecule has 4 atom stereocenters. The Labute approximate surface area is 156 Å². The standard InChI is InChI=1S/C17H16F3N5O3/c18-9-2-1-3-10(19)8(9)4-21-15-13-16(23-6-22-15)25(7-24-13)17-14(27)12(20)11(5-26)28-17/h1-3,6-7,11-12,14,17,26-27H,4-5H2,(H,21,22,23)/t11-,12-,14-,17?/m1/s1. The summed E-state index contributed by atoms with van der Waals surface area (Å²) in [6.07, 6.45) is -3.11. The molecule has 148 valence electrons. The summed E-state index contributed by atoms with van der Waals surface area (Å²) in [6, 6.07) is 3.56. The van der Waals surface area contributed by atoms with E-state index >= 15 is 0 Å². The number of nitrogens with one attached hydrogen (secondary N) is 1. The Morgan fingerprint density at radius 2 is 1.93 bits per heavy atom. The predicted molar refractivity (Wildman–Crippen MR) is 90.9 cm³/mol. The number of halogens is 3. The molecule has 0 aliphatic carbocycles. The minimum absolute atomic E-state index is 0.158. The maximum atomic E-state index is 14.0. The van der Waals surface area contributed by atoms with Crippen LogP contribution in [0.1, 0.15) is 11.8 Å². The number of aliphatic hydroxyl groups excluding tert-OH is 2. The average molecular weight is 395 g/mol. The number of benzene rings is 1. The highest BCUT2D eigenvalue weighted by atomic mass is 19.1. The van der Waals surface area contributed by atoms with Crippen molar-refractivity contribution < 1.29 is 28.1 Å². The van der Waals surface area contributed by atoms with E-state index < -0.39 is 42.8 Å². The zero-order chi connectivity index (χ0) is 19.8. The number of rotatable bonds is 5. The summed E-state index contributed by atoms with van der Waals surface area (Å²) >= 11 is 0. The molecule has 3 heterocycles. The Hall–Kier alpha value is -2.76. The van der Waals surface area contributed by atoms with Gasteiger partial charge in [0, 0.05) is 12.1 Å². The summed E-state index contributed by atoms with van der Waals surface area (Å²) in [6.45, 7) is -0.767. The largest absolute Gasteiger partial charge is 0.394 e. The third-order valence-corrected chi connectivity index (χ3v) is 4.59. The van der Waals surface area contributed by atoms with Gasteiger partial charge in [-0.15, -0.1) is 0 Å². The van der Waals surface area contributed by atoms with Gasteiger partial charge in [0.25, 0.3) is 0 Å². The number of aromatic nitrogens is 4. The van der Waals surface area contributed by atoms with Crippen LogP contribution in [0.2, 0.25) is 0 Å². The third-order valence-electron chi connectivity index (χ3n) is 4.59. The number of hydrogen-bond acceptors (Lipinski definition) is 7. The first kappa shape index (κ1) is 18.6. The summed E-state index contributed by atoms with van der Waals surface area (Å²) in [5.41, 5.74) is 0.313. The fourth-order valence-electron chi connectivity index (χ4n) is 3.13. The van der Waals surface area contributed by atoms with Crippen molar-refractivity contribution in [3.63, 3.8) is 0 Å². The lowest BCUT2D eigenvalue weighted by Gasteiger charge is -2.16. The number of hydrogen-bond donors (Lipinski definition) is 3. The number of fused-ring (bicyclic) bond motifs is 1. The van der Waals surface area contributed by atoms with Crippen LogP contribution in [0.25, 0.3) is 11.2 Å². The highest BCUT2D eigenvalue weighted by molar-refractivity contribution is 5.82. The van der Waals surface area contributed by atoms with Crippen LogP contribution in [0.5, 0.6) is 0 Å². The number of aliphatic hydroxyl groups is 2. The molecule has 0 saturated carbocycles. The van der Waals surface area contributed by atoms with E-state index in [1.807, 2.05) is 0 Å². The van der Waals surface area contributed by atoms with Gasteiger partial charge < -0.3 is 20.3 Å². The Balaban J connectivity index is 1.62. The van der Waals surface area contributed by atoms with E-state index in [-0.39, 0.29) is 29.1 Å². The van der Waals surface area contributed by atoms with Crippen LogP contribution >= 0.6 is 0 Å². The summed E-state index contributed by atoms with van der Waals surface area (Å²) in [5, 5.41) is 22.0. The Bertz CT molecular complexity index is 981. The summed E-state index contributed by atoms with van der Waals surface area (Å²) in [7, 11) is 0. The average Bonchev–Trinajstić information content (AvgIpc) is 3.23. The molecular formula is C17H16F3N5O3. The second-order valence-corrected chi connectivity index (χ2v) is 6.28. The van der Waals surface area contributed by atoms with E-state index in [2.05, 4.69) is 20.3 Å². The maximum absolute atomic E-state index is 14.0. The summed E-state index contributed by atoms with van der Waals surface area (Å²) in [5.74, 6) is -1.20. The summed E-state index contributed by atoms with van der Waals surface area (Å²) in [4.78, 5) is 12.2. The van der Waals surface area contributed by atoms with Crippen molar-refractivity contribution in [1.82, 2.24) is 19.5 Å². The van der Waals surface area contributed by atoms with Gasteiger partial charge in [0.2, 0.25) is 0 Å². The zero-order valence-corrected chi connectivity index (χ0v) is 14.3. The molecule has 28 heavy (non-hydrogen) atoms. The van der Waals surface area contributed by atoms with Crippen LogP contribution in [-0.2, 0) is 11.3 Å². The van der Waals surface area contributed by atoms with Gasteiger partial charge in [-0.3, -0.25) is 4.57 Å². The number of imidazole rings is 1. The lowest BCUT2D eigenvalue weighted by molar-refractivity contribution is -0.0495. The molecule has 3 N–H and O–H groups in total. The quantitative estimate of drug-likeness (QED) is 0.598. The van der Waals surface area contributed by atoms with Crippen molar-refractivity contribution in [3.05, 3.63) is 48.1 Å². The minimum atomic E-state index is -1.77. The molecule has 1 fully saturated rings. The first-order valence-electron chi connectivity index (χ1n) is 8.44. The molecular weight excluding hydrogens is 379 g/mol. The summed E-state index contributed by atoms with van der Waals surface area (Å²) < 4.78 is 48.3. The number of alkyl halides is 1. The lowest BCUT2D eigenvalue weighted by Crippen LogP contribution is -2.29. The molecule has 1 aromatic carbocycles. The molecule has 1 aliphatic rings. The molecule has 3 aromatic rings. The molecule has 0 bridgehead atoms. The van der Waals surface area contributed by atoms with E-state index in [1.54, 1.807) is 0 Å². The van der Waals surface area contributed by atoms with E-state index in [0.717, 1.165) is 12.1 Å². The molecule has 1 unspecified atom stereocenters. The SMILES string of the molecule is OC[C@H]1OC(n2cnc3c(NCc4c(F)cccc4F)ncnc32)[C@H](O)[C@@H]1F. The fraction of sp³-hybridized carbons (Fsp3) is 0.353. The monoisotopic (exact) mass is 395 g/mol. The van der Waals surface area contributed by atoms with Gasteiger partial charge in [-0.05, 0) is 12.1 Å². The first-order valence-corrected chi connectivity index (χ1v) is 8.44. The Kier molecular flexibility index (Phi) is 4.87. The topological polar surface area (TPSA) is 105 Å². The van der Waals surface area contributed by atoms with Crippen molar-refractivity contribution >= 4 is 17.0 Å². The number of ether oxygens (including phenoxy) is 1. The molecule has 0 radical (unpaired) electrons. The van der Waals surface area contributed by atoms with E-state index in [4.69, 9.17) is 9.84 Å². The fourth-order valence-corrected chi connectivity index (χ4v) is 3.13. The number of nitrogens with zero attached hydrogens (tertiary/aromatic N) is 4. The Morgan fingerprint density at radius 3 is 2.61 bits per heavy atom. The van der Waals surface area contributed by atoms with E-state index in [9.17, 15) is 18.3 Å². The second-order valence-electron chi connectivity index (χ2n) is 6.28. The van der Waals surface area contributed by atoms with Crippen molar-refractivity contribution in [2.75, 3.05) is 11.9 Å². The van der Waals surface area contributed by atoms with E-state index in [1.165, 1.54) is 23.3 Å². The number of anilines is 1. The second kappa shape index (κ2) is 7.34. The van der Waals surface area contributed by atoms with Crippen molar-refractivity contribution in [1.29, 1.82) is 0 Å². The minimum Gasteiger partial charge on any atom is -0.394 e. The maximum Gasteiger partial charge on any atom is 0.167 e. The van der Waals surface area contributed by atoms with Gasteiger partial charge in [-0.1, -0.05) is 6.07 Å². The molecule has 1 saturated heterocycles. The van der Waals surface area contributed by atoms with Gasteiger partial charge in [0.05, 0.1) is 12.9 Å². The lowest BCUT2D eigenvalue weighted by atomic mass is 10.1. The highest BCUT2D eigenvalue weighted by Gasteiger charge is 2.45. The van der Waals surface area contributed by atoms with Crippen LogP contribution in [0.15, 0.2) is 30.9 Å². The van der Waals surface area contributed by atoms with Gasteiger partial charge in [-0.25, -0.2) is 28.1 Å².